The molecule has 1 amide bonds. The van der Waals surface area contributed by atoms with E-state index in [9.17, 15) is 15.0 Å². The van der Waals surface area contributed by atoms with Crippen molar-refractivity contribution in [2.24, 2.45) is 11.3 Å². The molecular weight excluding hydrogens is 324 g/mol. The van der Waals surface area contributed by atoms with E-state index in [1.54, 1.807) is 0 Å². The van der Waals surface area contributed by atoms with Crippen LogP contribution in [0.4, 0.5) is 0 Å². The molecule has 1 saturated carbocycles. The number of rotatable bonds is 7. The molecule has 24 heavy (non-hydrogen) atoms. The number of hydrogen-bond acceptors (Lipinski definition) is 5. The molecule has 130 valence electrons. The predicted molar refractivity (Wildman–Crippen MR) is 94.7 cm³/mol. The minimum Gasteiger partial charge on any atom is -0.383 e. The Bertz CT molecular complexity index is 691. The number of nitrogens with one attached hydrogen (secondary N) is 1. The first-order valence-electron chi connectivity index (χ1n) is 8.39. The monoisotopic (exact) mass is 348 g/mol. The van der Waals surface area contributed by atoms with E-state index in [1.807, 2.05) is 24.3 Å². The van der Waals surface area contributed by atoms with E-state index >= 15 is 0 Å². The first-order valence-corrected chi connectivity index (χ1v) is 9.21. The summed E-state index contributed by atoms with van der Waals surface area (Å²) in [4.78, 5) is 16.5. The molecule has 2 aromatic rings. The number of carbonyl (C=O) groups excluding carboxylic acids is 1. The van der Waals surface area contributed by atoms with Gasteiger partial charge in [0.25, 0.3) is 5.91 Å². The van der Waals surface area contributed by atoms with Gasteiger partial charge in [0.1, 0.15) is 11.1 Å². The maximum absolute atomic E-state index is 12.2. The third-order valence-corrected chi connectivity index (χ3v) is 5.67. The van der Waals surface area contributed by atoms with Crippen molar-refractivity contribution in [2.75, 3.05) is 6.54 Å². The standard InChI is InChI=1S/C18H24N2O3S/c1-11(2)9-18(7-8-18)10-19-16(23)14(21)15(22)17-20-12-5-3-4-6-13(12)24-17/h3-6,11,14-15,21-22H,7-10H2,1-2H3,(H,19,23). The Kier molecular flexibility index (Phi) is 4.90. The first-order chi connectivity index (χ1) is 11.4. The Hall–Kier alpha value is -1.50. The summed E-state index contributed by atoms with van der Waals surface area (Å²) in [6.45, 7) is 4.91. The summed E-state index contributed by atoms with van der Waals surface area (Å²) in [5.41, 5.74) is 0.947. The van der Waals surface area contributed by atoms with Crippen LogP contribution in [0.25, 0.3) is 10.2 Å². The predicted octanol–water partition coefficient (Wildman–Crippen LogP) is 2.63. The zero-order valence-electron chi connectivity index (χ0n) is 14.0. The number of benzene rings is 1. The zero-order valence-corrected chi connectivity index (χ0v) is 14.8. The fraction of sp³-hybridized carbons (Fsp3) is 0.556. The van der Waals surface area contributed by atoms with Crippen LogP contribution in [-0.2, 0) is 4.79 Å². The molecule has 0 radical (unpaired) electrons. The smallest absolute Gasteiger partial charge is 0.252 e. The minimum atomic E-state index is -1.50. The molecule has 5 nitrogen and oxygen atoms in total. The SMILES string of the molecule is CC(C)CC1(CNC(=O)C(O)C(O)c2nc3ccccc3s2)CC1. The number of carbonyl (C=O) groups is 1. The van der Waals surface area contributed by atoms with E-state index in [2.05, 4.69) is 24.1 Å². The number of aliphatic hydroxyl groups is 2. The van der Waals surface area contributed by atoms with Crippen LogP contribution in [0, 0.1) is 11.3 Å². The Morgan fingerprint density at radius 2 is 2.04 bits per heavy atom. The van der Waals surface area contributed by atoms with Gasteiger partial charge in [-0.2, -0.15) is 0 Å². The third-order valence-electron chi connectivity index (χ3n) is 4.57. The van der Waals surface area contributed by atoms with Crippen molar-refractivity contribution in [1.29, 1.82) is 0 Å². The second-order valence-corrected chi connectivity index (χ2v) is 8.29. The van der Waals surface area contributed by atoms with Crippen molar-refractivity contribution in [3.8, 4) is 0 Å². The second kappa shape index (κ2) is 6.78. The molecular formula is C18H24N2O3S. The fourth-order valence-electron chi connectivity index (χ4n) is 3.17. The molecule has 1 aliphatic carbocycles. The summed E-state index contributed by atoms with van der Waals surface area (Å²) in [6, 6.07) is 7.50. The summed E-state index contributed by atoms with van der Waals surface area (Å²) in [7, 11) is 0. The number of para-hydroxylation sites is 1. The second-order valence-electron chi connectivity index (χ2n) is 7.23. The lowest BCUT2D eigenvalue weighted by Gasteiger charge is -2.20. The molecule has 1 heterocycles. The normalized spacial score (nSPS) is 18.5. The Morgan fingerprint density at radius 3 is 2.67 bits per heavy atom. The lowest BCUT2D eigenvalue weighted by atomic mass is 9.94. The molecule has 0 aliphatic heterocycles. The van der Waals surface area contributed by atoms with Crippen LogP contribution in [0.1, 0.15) is 44.2 Å². The number of amides is 1. The van der Waals surface area contributed by atoms with Crippen LogP contribution in [0.2, 0.25) is 0 Å². The van der Waals surface area contributed by atoms with Crippen LogP contribution in [0.3, 0.4) is 0 Å². The molecule has 3 N–H and O–H groups in total. The van der Waals surface area contributed by atoms with E-state index in [4.69, 9.17) is 0 Å². The van der Waals surface area contributed by atoms with Crippen LogP contribution in [0.15, 0.2) is 24.3 Å². The highest BCUT2D eigenvalue weighted by Gasteiger charge is 2.43. The highest BCUT2D eigenvalue weighted by atomic mass is 32.1. The first kappa shape index (κ1) is 17.3. The lowest BCUT2D eigenvalue weighted by molar-refractivity contribution is -0.135. The number of fused-ring (bicyclic) bond motifs is 1. The van der Waals surface area contributed by atoms with Crippen molar-refractivity contribution in [2.45, 2.75) is 45.3 Å². The topological polar surface area (TPSA) is 82.5 Å². The van der Waals surface area contributed by atoms with E-state index in [0.29, 0.717) is 17.5 Å². The molecule has 1 aromatic heterocycles. The van der Waals surface area contributed by atoms with E-state index in [0.717, 1.165) is 29.5 Å². The summed E-state index contributed by atoms with van der Waals surface area (Å²) < 4.78 is 0.924. The van der Waals surface area contributed by atoms with Gasteiger partial charge in [-0.3, -0.25) is 4.79 Å². The third kappa shape index (κ3) is 3.77. The Labute approximate surface area is 145 Å². The number of aromatic nitrogens is 1. The van der Waals surface area contributed by atoms with E-state index < -0.39 is 18.1 Å². The molecule has 2 unspecified atom stereocenters. The van der Waals surface area contributed by atoms with Crippen molar-refractivity contribution in [3.63, 3.8) is 0 Å². The zero-order chi connectivity index (χ0) is 17.3. The van der Waals surface area contributed by atoms with Crippen LogP contribution < -0.4 is 5.32 Å². The van der Waals surface area contributed by atoms with E-state index in [-0.39, 0.29) is 5.41 Å². The van der Waals surface area contributed by atoms with Gasteiger partial charge in [0, 0.05) is 6.54 Å². The van der Waals surface area contributed by atoms with Crippen LogP contribution in [0.5, 0.6) is 0 Å². The average Bonchev–Trinajstić information content (AvgIpc) is 3.17. The van der Waals surface area contributed by atoms with Gasteiger partial charge in [0.15, 0.2) is 6.10 Å². The maximum atomic E-state index is 12.2. The van der Waals surface area contributed by atoms with Gasteiger partial charge < -0.3 is 15.5 Å². The van der Waals surface area contributed by atoms with Gasteiger partial charge in [0.2, 0.25) is 0 Å². The van der Waals surface area contributed by atoms with Gasteiger partial charge in [-0.25, -0.2) is 4.98 Å². The molecule has 0 spiro atoms. The molecule has 1 aliphatic rings. The van der Waals surface area contributed by atoms with Crippen molar-refractivity contribution >= 4 is 27.5 Å². The van der Waals surface area contributed by atoms with Crippen molar-refractivity contribution < 1.29 is 15.0 Å². The van der Waals surface area contributed by atoms with Crippen molar-refractivity contribution in [1.82, 2.24) is 10.3 Å². The largest absolute Gasteiger partial charge is 0.383 e. The molecule has 2 atom stereocenters. The van der Waals surface area contributed by atoms with Crippen LogP contribution in [-0.4, -0.2) is 33.8 Å². The highest BCUT2D eigenvalue weighted by molar-refractivity contribution is 7.18. The van der Waals surface area contributed by atoms with E-state index in [1.165, 1.54) is 11.3 Å². The molecule has 0 bridgehead atoms. The number of aliphatic hydroxyl groups excluding tert-OH is 2. The van der Waals surface area contributed by atoms with Gasteiger partial charge in [-0.15, -0.1) is 11.3 Å². The summed E-state index contributed by atoms with van der Waals surface area (Å²) in [5.74, 6) is 0.0550. The van der Waals surface area contributed by atoms with Crippen molar-refractivity contribution in [3.05, 3.63) is 29.3 Å². The molecule has 1 aromatic carbocycles. The average molecular weight is 348 g/mol. The number of thiazole rings is 1. The fourth-order valence-corrected chi connectivity index (χ4v) is 4.15. The molecule has 1 fully saturated rings. The minimum absolute atomic E-state index is 0.185. The molecule has 6 heteroatoms. The quantitative estimate of drug-likeness (QED) is 0.718. The van der Waals surface area contributed by atoms with Crippen LogP contribution >= 0.6 is 11.3 Å². The molecule has 0 saturated heterocycles. The van der Waals surface area contributed by atoms with Gasteiger partial charge >= 0.3 is 0 Å². The Morgan fingerprint density at radius 1 is 1.33 bits per heavy atom. The summed E-state index contributed by atoms with van der Waals surface area (Å²) in [5, 5.41) is 23.6. The highest BCUT2D eigenvalue weighted by Crippen LogP contribution is 2.50. The van der Waals surface area contributed by atoms with Gasteiger partial charge in [-0.1, -0.05) is 26.0 Å². The Balaban J connectivity index is 1.60. The number of hydrogen-bond donors (Lipinski definition) is 3. The molecule has 3 rings (SSSR count). The van der Waals surface area contributed by atoms with Gasteiger partial charge in [-0.05, 0) is 42.7 Å². The summed E-state index contributed by atoms with van der Waals surface area (Å²) >= 11 is 1.29. The summed E-state index contributed by atoms with van der Waals surface area (Å²) in [6.07, 6.45) is 0.497. The number of nitrogens with zero attached hydrogens (tertiary/aromatic N) is 1. The lowest BCUT2D eigenvalue weighted by Crippen LogP contribution is -2.41. The maximum Gasteiger partial charge on any atom is 0.252 e. The van der Waals surface area contributed by atoms with Gasteiger partial charge in [0.05, 0.1) is 10.2 Å².